The van der Waals surface area contributed by atoms with Crippen molar-refractivity contribution in [3.63, 3.8) is 0 Å². The number of carbonyl (C=O) groups excluding carboxylic acids is 1. The molecule has 2 fully saturated rings. The molecule has 0 heterocycles. The number of carboxylic acids is 1. The summed E-state index contributed by atoms with van der Waals surface area (Å²) >= 11 is 0. The highest BCUT2D eigenvalue weighted by molar-refractivity contribution is 5.96. The van der Waals surface area contributed by atoms with E-state index in [1.54, 1.807) is 25.3 Å². The Hall–Kier alpha value is -2.24. The molecule has 2 N–H and O–H groups in total. The van der Waals surface area contributed by atoms with Gasteiger partial charge in [-0.2, -0.15) is 0 Å². The first kappa shape index (κ1) is 15.6. The molecule has 23 heavy (non-hydrogen) atoms. The van der Waals surface area contributed by atoms with Gasteiger partial charge in [0, 0.05) is 11.8 Å². The number of hydrogen-bond donors (Lipinski definition) is 2. The number of aliphatic carboxylic acids is 1. The van der Waals surface area contributed by atoms with Crippen LogP contribution in [0.3, 0.4) is 0 Å². The lowest BCUT2D eigenvalue weighted by Gasteiger charge is -2.27. The van der Waals surface area contributed by atoms with Crippen LogP contribution in [0.1, 0.15) is 19.3 Å². The third-order valence-electron chi connectivity index (χ3n) is 5.16. The Morgan fingerprint density at radius 1 is 1.09 bits per heavy atom. The molecule has 2 aliphatic carbocycles. The minimum atomic E-state index is -0.857. The largest absolute Gasteiger partial charge is 0.493 e. The molecular formula is C17H21NO5. The minimum absolute atomic E-state index is 0.138. The second-order valence-electron chi connectivity index (χ2n) is 6.28. The summed E-state index contributed by atoms with van der Waals surface area (Å²) < 4.78 is 10.4. The van der Waals surface area contributed by atoms with Crippen LogP contribution in [0, 0.1) is 23.7 Å². The molecule has 4 atom stereocenters. The maximum Gasteiger partial charge on any atom is 0.307 e. The predicted octanol–water partition coefficient (Wildman–Crippen LogP) is 2.39. The highest BCUT2D eigenvalue weighted by atomic mass is 16.5. The molecule has 3 rings (SSSR count). The van der Waals surface area contributed by atoms with Gasteiger partial charge in [-0.05, 0) is 43.2 Å². The summed E-state index contributed by atoms with van der Waals surface area (Å²) in [7, 11) is 3.07. The van der Waals surface area contributed by atoms with Crippen molar-refractivity contribution in [3.8, 4) is 11.5 Å². The van der Waals surface area contributed by atoms with Crippen molar-refractivity contribution >= 4 is 17.6 Å². The number of benzene rings is 1. The van der Waals surface area contributed by atoms with E-state index in [0.29, 0.717) is 17.2 Å². The Kier molecular flexibility index (Phi) is 4.15. The van der Waals surface area contributed by atoms with Crippen molar-refractivity contribution < 1.29 is 24.2 Å². The molecule has 1 aromatic rings. The fraction of sp³-hybridized carbons (Fsp3) is 0.529. The van der Waals surface area contributed by atoms with Crippen LogP contribution < -0.4 is 14.8 Å². The highest BCUT2D eigenvalue weighted by Gasteiger charge is 2.53. The van der Waals surface area contributed by atoms with E-state index in [0.717, 1.165) is 19.3 Å². The minimum Gasteiger partial charge on any atom is -0.493 e. The van der Waals surface area contributed by atoms with Gasteiger partial charge in [-0.1, -0.05) is 0 Å². The van der Waals surface area contributed by atoms with Gasteiger partial charge in [0.2, 0.25) is 5.91 Å². The van der Waals surface area contributed by atoms with Gasteiger partial charge in [0.05, 0.1) is 26.1 Å². The Bertz CT molecular complexity index is 629. The lowest BCUT2D eigenvalue weighted by Crippen LogP contribution is -2.37. The Morgan fingerprint density at radius 2 is 1.74 bits per heavy atom. The van der Waals surface area contributed by atoms with Crippen molar-refractivity contribution in [1.82, 2.24) is 0 Å². The zero-order valence-electron chi connectivity index (χ0n) is 13.2. The normalized spacial score (nSPS) is 28.4. The fourth-order valence-electron chi connectivity index (χ4n) is 4.16. The van der Waals surface area contributed by atoms with Gasteiger partial charge in [-0.25, -0.2) is 0 Å². The van der Waals surface area contributed by atoms with Gasteiger partial charge in [0.25, 0.3) is 0 Å². The maximum atomic E-state index is 12.6. The van der Waals surface area contributed by atoms with Crippen LogP contribution in [0.2, 0.25) is 0 Å². The van der Waals surface area contributed by atoms with Crippen LogP contribution in [0.25, 0.3) is 0 Å². The molecule has 1 amide bonds. The van der Waals surface area contributed by atoms with E-state index in [9.17, 15) is 14.7 Å². The first-order chi connectivity index (χ1) is 11.0. The molecule has 1 aromatic carbocycles. The van der Waals surface area contributed by atoms with Crippen LogP contribution in [0.5, 0.6) is 11.5 Å². The van der Waals surface area contributed by atoms with Crippen molar-refractivity contribution in [2.24, 2.45) is 23.7 Å². The third-order valence-corrected chi connectivity index (χ3v) is 5.16. The molecule has 124 valence electrons. The number of carbonyl (C=O) groups is 2. The predicted molar refractivity (Wildman–Crippen MR) is 83.6 cm³/mol. The number of nitrogens with one attached hydrogen (secondary N) is 1. The van der Waals surface area contributed by atoms with Crippen molar-refractivity contribution in [1.29, 1.82) is 0 Å². The quantitative estimate of drug-likeness (QED) is 0.870. The summed E-state index contributed by atoms with van der Waals surface area (Å²) in [5.41, 5.74) is 0.583. The number of rotatable bonds is 5. The van der Waals surface area contributed by atoms with Gasteiger partial charge in [-0.3, -0.25) is 9.59 Å². The second-order valence-corrected chi connectivity index (χ2v) is 6.28. The van der Waals surface area contributed by atoms with Gasteiger partial charge in [0.1, 0.15) is 0 Å². The lowest BCUT2D eigenvalue weighted by molar-refractivity contribution is -0.148. The number of hydrogen-bond acceptors (Lipinski definition) is 4. The van der Waals surface area contributed by atoms with E-state index < -0.39 is 17.8 Å². The molecule has 6 heteroatoms. The number of fused-ring (bicyclic) bond motifs is 2. The zero-order valence-corrected chi connectivity index (χ0v) is 13.2. The molecule has 0 aliphatic heterocycles. The number of anilines is 1. The van der Waals surface area contributed by atoms with Crippen LogP contribution in [0.15, 0.2) is 18.2 Å². The van der Waals surface area contributed by atoms with Crippen LogP contribution >= 0.6 is 0 Å². The van der Waals surface area contributed by atoms with E-state index in [-0.39, 0.29) is 17.7 Å². The monoisotopic (exact) mass is 319 g/mol. The Labute approximate surface area is 134 Å². The number of methoxy groups -OCH3 is 2. The van der Waals surface area contributed by atoms with E-state index in [1.807, 2.05) is 0 Å². The van der Waals surface area contributed by atoms with E-state index in [2.05, 4.69) is 5.32 Å². The number of carboxylic acid groups (broad SMARTS) is 1. The molecule has 2 aliphatic rings. The molecule has 0 radical (unpaired) electrons. The summed E-state index contributed by atoms with van der Waals surface area (Å²) in [5.74, 6) is -0.656. The van der Waals surface area contributed by atoms with Gasteiger partial charge < -0.3 is 19.9 Å². The van der Waals surface area contributed by atoms with Gasteiger partial charge >= 0.3 is 5.97 Å². The molecule has 0 aromatic heterocycles. The van der Waals surface area contributed by atoms with Crippen molar-refractivity contribution in [2.45, 2.75) is 19.3 Å². The van der Waals surface area contributed by atoms with Gasteiger partial charge in [0.15, 0.2) is 11.5 Å². The van der Waals surface area contributed by atoms with Crippen LogP contribution in [0.4, 0.5) is 5.69 Å². The fourth-order valence-corrected chi connectivity index (χ4v) is 4.16. The number of amides is 1. The molecule has 0 spiro atoms. The number of ether oxygens (including phenoxy) is 2. The average molecular weight is 319 g/mol. The second kappa shape index (κ2) is 6.10. The average Bonchev–Trinajstić information content (AvgIpc) is 3.15. The van der Waals surface area contributed by atoms with E-state index in [4.69, 9.17) is 9.47 Å². The van der Waals surface area contributed by atoms with E-state index in [1.165, 1.54) is 7.11 Å². The molecule has 2 saturated carbocycles. The lowest BCUT2D eigenvalue weighted by atomic mass is 9.78. The molecule has 0 saturated heterocycles. The smallest absolute Gasteiger partial charge is 0.307 e. The topological polar surface area (TPSA) is 84.9 Å². The van der Waals surface area contributed by atoms with E-state index >= 15 is 0 Å². The molecule has 0 unspecified atom stereocenters. The standard InChI is InChI=1S/C17H21NO5/c1-22-12-6-5-11(8-13(12)23-2)18-16(19)14-9-3-4-10(7-9)15(14)17(20)21/h5-6,8-10,14-15H,3-4,7H2,1-2H3,(H,18,19)(H,20,21)/t9-,10+,14+,15+/m0/s1. The van der Waals surface area contributed by atoms with Crippen LogP contribution in [-0.4, -0.2) is 31.2 Å². The van der Waals surface area contributed by atoms with Gasteiger partial charge in [-0.15, -0.1) is 0 Å². The van der Waals surface area contributed by atoms with Crippen molar-refractivity contribution in [3.05, 3.63) is 18.2 Å². The molecule has 6 nitrogen and oxygen atoms in total. The molecular weight excluding hydrogens is 298 g/mol. The maximum absolute atomic E-state index is 12.6. The third kappa shape index (κ3) is 2.73. The summed E-state index contributed by atoms with van der Waals surface area (Å²) in [6.45, 7) is 0. The molecule has 2 bridgehead atoms. The van der Waals surface area contributed by atoms with Crippen LogP contribution in [-0.2, 0) is 9.59 Å². The first-order valence-corrected chi connectivity index (χ1v) is 7.80. The van der Waals surface area contributed by atoms with Crippen molar-refractivity contribution in [2.75, 3.05) is 19.5 Å². The summed E-state index contributed by atoms with van der Waals surface area (Å²) in [6.07, 6.45) is 2.71. The summed E-state index contributed by atoms with van der Waals surface area (Å²) in [4.78, 5) is 24.2. The SMILES string of the molecule is COc1ccc(NC(=O)[C@@H]2[C@H]3CC[C@H](C3)[C@H]2C(=O)O)cc1OC. The Balaban J connectivity index is 1.78. The highest BCUT2D eigenvalue weighted by Crippen LogP contribution is 2.52. The summed E-state index contributed by atoms with van der Waals surface area (Å²) in [5, 5.41) is 12.3. The Morgan fingerprint density at radius 3 is 2.35 bits per heavy atom. The first-order valence-electron chi connectivity index (χ1n) is 7.80. The zero-order chi connectivity index (χ0) is 16.6. The summed E-state index contributed by atoms with van der Waals surface area (Å²) in [6, 6.07) is 5.12.